The molecule has 0 atom stereocenters. The highest BCUT2D eigenvalue weighted by Crippen LogP contribution is 2.07. The third-order valence-corrected chi connectivity index (χ3v) is 4.71. The summed E-state index contributed by atoms with van der Waals surface area (Å²) in [7, 11) is -0.0286. The standard InChI is InChI=1S/C11H22N4O3S/c1-4-5-8-19(16,17)14(2)9-11-13-12-10-15(11)6-7-18-3/h10H,4-9H2,1-3H3. The summed E-state index contributed by atoms with van der Waals surface area (Å²) in [5.74, 6) is 0.797. The average molecular weight is 290 g/mol. The SMILES string of the molecule is CCCCS(=O)(=O)N(C)Cc1nncn1CCOC. The summed E-state index contributed by atoms with van der Waals surface area (Å²) in [4.78, 5) is 0. The molecular formula is C11H22N4O3S. The highest BCUT2D eigenvalue weighted by atomic mass is 32.2. The number of sulfonamides is 1. The molecule has 0 amide bonds. The Bertz CT molecular complexity index is 472. The van der Waals surface area contributed by atoms with Gasteiger partial charge in [-0.2, -0.15) is 4.31 Å². The molecular weight excluding hydrogens is 268 g/mol. The molecule has 110 valence electrons. The topological polar surface area (TPSA) is 77.3 Å². The van der Waals surface area contributed by atoms with Gasteiger partial charge in [0.25, 0.3) is 0 Å². The second-order valence-electron chi connectivity index (χ2n) is 4.36. The zero-order valence-electron chi connectivity index (χ0n) is 11.7. The first-order valence-corrected chi connectivity index (χ1v) is 7.91. The van der Waals surface area contributed by atoms with Crippen molar-refractivity contribution < 1.29 is 13.2 Å². The largest absolute Gasteiger partial charge is 0.383 e. The molecule has 0 aliphatic carbocycles. The molecule has 0 fully saturated rings. The second-order valence-corrected chi connectivity index (χ2v) is 6.55. The quantitative estimate of drug-likeness (QED) is 0.661. The fourth-order valence-electron chi connectivity index (χ4n) is 1.56. The molecule has 0 unspecified atom stereocenters. The van der Waals surface area contributed by atoms with Crippen molar-refractivity contribution in [3.8, 4) is 0 Å². The van der Waals surface area contributed by atoms with Gasteiger partial charge in [0.1, 0.15) is 12.2 Å². The van der Waals surface area contributed by atoms with E-state index in [0.717, 1.165) is 6.42 Å². The first-order chi connectivity index (χ1) is 9.01. The Morgan fingerprint density at radius 1 is 1.47 bits per heavy atom. The van der Waals surface area contributed by atoms with Gasteiger partial charge in [-0.3, -0.25) is 0 Å². The van der Waals surface area contributed by atoms with Crippen molar-refractivity contribution in [1.29, 1.82) is 0 Å². The van der Waals surface area contributed by atoms with Crippen LogP contribution in [0.2, 0.25) is 0 Å². The molecule has 0 aromatic carbocycles. The van der Waals surface area contributed by atoms with Gasteiger partial charge in [-0.25, -0.2) is 8.42 Å². The molecule has 8 heteroatoms. The molecule has 0 aliphatic heterocycles. The number of hydrogen-bond acceptors (Lipinski definition) is 5. The lowest BCUT2D eigenvalue weighted by Gasteiger charge is -2.16. The predicted octanol–water partition coefficient (Wildman–Crippen LogP) is 0.486. The fraction of sp³-hybridized carbons (Fsp3) is 0.818. The van der Waals surface area contributed by atoms with Crippen LogP contribution in [-0.4, -0.2) is 54.0 Å². The van der Waals surface area contributed by atoms with Crippen LogP contribution in [0.25, 0.3) is 0 Å². The Hall–Kier alpha value is -0.990. The first-order valence-electron chi connectivity index (χ1n) is 6.31. The number of methoxy groups -OCH3 is 1. The van der Waals surface area contributed by atoms with Gasteiger partial charge in [0.2, 0.25) is 10.0 Å². The van der Waals surface area contributed by atoms with Crippen LogP contribution < -0.4 is 0 Å². The maximum atomic E-state index is 12.0. The molecule has 0 radical (unpaired) electrons. The Kier molecular flexibility index (Phi) is 6.40. The minimum absolute atomic E-state index is 0.173. The van der Waals surface area contributed by atoms with E-state index in [0.29, 0.717) is 25.4 Å². The van der Waals surface area contributed by atoms with Crippen LogP contribution in [0.3, 0.4) is 0 Å². The van der Waals surface area contributed by atoms with Crippen LogP contribution in [0.15, 0.2) is 6.33 Å². The highest BCUT2D eigenvalue weighted by Gasteiger charge is 2.19. The van der Waals surface area contributed by atoms with Crippen LogP contribution >= 0.6 is 0 Å². The van der Waals surface area contributed by atoms with Gasteiger partial charge in [-0.05, 0) is 6.42 Å². The van der Waals surface area contributed by atoms with Crippen LogP contribution in [0, 0.1) is 0 Å². The van der Waals surface area contributed by atoms with Crippen molar-refractivity contribution >= 4 is 10.0 Å². The summed E-state index contributed by atoms with van der Waals surface area (Å²) in [5, 5.41) is 7.76. The monoisotopic (exact) mass is 290 g/mol. The van der Waals surface area contributed by atoms with E-state index in [4.69, 9.17) is 4.74 Å². The molecule has 0 bridgehead atoms. The smallest absolute Gasteiger partial charge is 0.214 e. The van der Waals surface area contributed by atoms with E-state index in [9.17, 15) is 8.42 Å². The minimum Gasteiger partial charge on any atom is -0.383 e. The van der Waals surface area contributed by atoms with Crippen molar-refractivity contribution in [2.45, 2.75) is 32.9 Å². The molecule has 0 saturated heterocycles. The molecule has 0 aliphatic rings. The van der Waals surface area contributed by atoms with Crippen molar-refractivity contribution in [2.24, 2.45) is 0 Å². The van der Waals surface area contributed by atoms with Crippen LogP contribution in [0.4, 0.5) is 0 Å². The zero-order valence-corrected chi connectivity index (χ0v) is 12.6. The van der Waals surface area contributed by atoms with Crippen LogP contribution in [0.1, 0.15) is 25.6 Å². The molecule has 0 spiro atoms. The van der Waals surface area contributed by atoms with Crippen molar-refractivity contribution in [3.05, 3.63) is 12.2 Å². The van der Waals surface area contributed by atoms with Gasteiger partial charge in [0, 0.05) is 20.7 Å². The minimum atomic E-state index is -3.21. The first kappa shape index (κ1) is 16.1. The van der Waals surface area contributed by atoms with Crippen molar-refractivity contribution in [2.75, 3.05) is 26.5 Å². The number of nitrogens with zero attached hydrogens (tertiary/aromatic N) is 4. The summed E-state index contributed by atoms with van der Waals surface area (Å²) >= 11 is 0. The molecule has 19 heavy (non-hydrogen) atoms. The Balaban J connectivity index is 2.66. The lowest BCUT2D eigenvalue weighted by atomic mass is 10.4. The van der Waals surface area contributed by atoms with E-state index < -0.39 is 10.0 Å². The summed E-state index contributed by atoms with van der Waals surface area (Å²) in [6, 6.07) is 0. The highest BCUT2D eigenvalue weighted by molar-refractivity contribution is 7.89. The van der Waals surface area contributed by atoms with E-state index in [-0.39, 0.29) is 12.3 Å². The van der Waals surface area contributed by atoms with Crippen LogP contribution in [0.5, 0.6) is 0 Å². The summed E-state index contributed by atoms with van der Waals surface area (Å²) in [5.41, 5.74) is 0. The fourth-order valence-corrected chi connectivity index (χ4v) is 2.84. The zero-order chi connectivity index (χ0) is 14.3. The maximum absolute atomic E-state index is 12.0. The molecule has 0 saturated carbocycles. The Labute approximate surface area is 114 Å². The van der Waals surface area contributed by atoms with Crippen molar-refractivity contribution in [3.63, 3.8) is 0 Å². The van der Waals surface area contributed by atoms with Gasteiger partial charge in [-0.15, -0.1) is 10.2 Å². The Morgan fingerprint density at radius 3 is 2.84 bits per heavy atom. The normalized spacial score (nSPS) is 12.2. The Morgan fingerprint density at radius 2 is 2.21 bits per heavy atom. The van der Waals surface area contributed by atoms with Gasteiger partial charge in [0.15, 0.2) is 0 Å². The molecule has 1 aromatic rings. The van der Waals surface area contributed by atoms with Gasteiger partial charge in [-0.1, -0.05) is 13.3 Å². The van der Waals surface area contributed by atoms with E-state index in [1.807, 2.05) is 6.92 Å². The number of ether oxygens (including phenoxy) is 1. The van der Waals surface area contributed by atoms with E-state index >= 15 is 0 Å². The molecule has 1 heterocycles. The van der Waals surface area contributed by atoms with Gasteiger partial charge in [0.05, 0.1) is 18.9 Å². The molecule has 1 aromatic heterocycles. The maximum Gasteiger partial charge on any atom is 0.214 e. The molecule has 7 nitrogen and oxygen atoms in total. The van der Waals surface area contributed by atoms with Crippen LogP contribution in [-0.2, 0) is 27.8 Å². The number of aromatic nitrogens is 3. The molecule has 1 rings (SSSR count). The van der Waals surface area contributed by atoms with E-state index in [1.165, 1.54) is 4.31 Å². The number of rotatable bonds is 9. The molecule has 0 N–H and O–H groups in total. The summed E-state index contributed by atoms with van der Waals surface area (Å²) in [6.45, 7) is 3.35. The third-order valence-electron chi connectivity index (χ3n) is 2.83. The number of unbranched alkanes of at least 4 members (excludes halogenated alkanes) is 1. The lowest BCUT2D eigenvalue weighted by Crippen LogP contribution is -2.30. The van der Waals surface area contributed by atoms with Gasteiger partial charge >= 0.3 is 0 Å². The van der Waals surface area contributed by atoms with E-state index in [1.54, 1.807) is 25.1 Å². The second kappa shape index (κ2) is 7.56. The summed E-state index contributed by atoms with van der Waals surface area (Å²) in [6.07, 6.45) is 3.11. The van der Waals surface area contributed by atoms with Gasteiger partial charge < -0.3 is 9.30 Å². The third kappa shape index (κ3) is 4.88. The predicted molar refractivity (Wildman–Crippen MR) is 72.1 cm³/mol. The van der Waals surface area contributed by atoms with Crippen molar-refractivity contribution in [1.82, 2.24) is 19.1 Å². The lowest BCUT2D eigenvalue weighted by molar-refractivity contribution is 0.185. The van der Waals surface area contributed by atoms with E-state index in [2.05, 4.69) is 10.2 Å². The number of hydrogen-bond donors (Lipinski definition) is 0. The summed E-state index contributed by atoms with van der Waals surface area (Å²) < 4.78 is 32.1. The average Bonchev–Trinajstić information content (AvgIpc) is 2.81.